The summed E-state index contributed by atoms with van der Waals surface area (Å²) in [5, 5.41) is 0. The largest absolute Gasteiger partial charge is 0.376 e. The van der Waals surface area contributed by atoms with Gasteiger partial charge < -0.3 is 20.1 Å². The minimum absolute atomic E-state index is 0.240. The Bertz CT molecular complexity index is 285. The topological polar surface area (TPSA) is 64.8 Å². The number of nitrogens with two attached hydrogens (primary N) is 1. The predicted octanol–water partition coefficient (Wildman–Crippen LogP) is 1.30. The lowest BCUT2D eigenvalue weighted by molar-refractivity contribution is -0.134. The molecule has 0 aromatic rings. The summed E-state index contributed by atoms with van der Waals surface area (Å²) >= 11 is 0. The molecule has 0 aromatic heterocycles. The highest BCUT2D eigenvalue weighted by Gasteiger charge is 2.24. The molecule has 2 heterocycles. The third kappa shape index (κ3) is 5.04. The summed E-state index contributed by atoms with van der Waals surface area (Å²) in [5.74, 6) is 0.240. The average molecular weight is 284 g/mol. The van der Waals surface area contributed by atoms with Crippen molar-refractivity contribution in [2.45, 2.75) is 57.2 Å². The van der Waals surface area contributed by atoms with Crippen molar-refractivity contribution in [3.05, 3.63) is 0 Å². The van der Waals surface area contributed by atoms with E-state index in [0.717, 1.165) is 45.4 Å². The molecule has 0 aliphatic carbocycles. The van der Waals surface area contributed by atoms with Gasteiger partial charge in [0.2, 0.25) is 5.91 Å². The predicted molar refractivity (Wildman–Crippen MR) is 77.4 cm³/mol. The molecule has 0 radical (unpaired) electrons. The summed E-state index contributed by atoms with van der Waals surface area (Å²) in [5.41, 5.74) is 5.44. The molecule has 0 saturated carbocycles. The van der Waals surface area contributed by atoms with Crippen molar-refractivity contribution in [1.82, 2.24) is 4.90 Å². The zero-order valence-corrected chi connectivity index (χ0v) is 12.4. The molecule has 5 nitrogen and oxygen atoms in total. The molecule has 0 spiro atoms. The molecule has 116 valence electrons. The van der Waals surface area contributed by atoms with E-state index in [4.69, 9.17) is 15.2 Å². The normalized spacial score (nSPS) is 24.9. The summed E-state index contributed by atoms with van der Waals surface area (Å²) in [4.78, 5) is 13.8. The molecule has 2 aliphatic rings. The first-order chi connectivity index (χ1) is 9.79. The van der Waals surface area contributed by atoms with E-state index < -0.39 is 0 Å². The van der Waals surface area contributed by atoms with Crippen LogP contribution in [0.25, 0.3) is 0 Å². The number of piperidine rings is 1. The van der Waals surface area contributed by atoms with Gasteiger partial charge >= 0.3 is 0 Å². The van der Waals surface area contributed by atoms with Gasteiger partial charge in [0.1, 0.15) is 0 Å². The Labute approximate surface area is 121 Å². The summed E-state index contributed by atoms with van der Waals surface area (Å²) in [6.07, 6.45) is 7.39. The van der Waals surface area contributed by atoms with Crippen molar-refractivity contribution in [2.24, 2.45) is 5.73 Å². The lowest BCUT2D eigenvalue weighted by Gasteiger charge is -2.33. The maximum absolute atomic E-state index is 11.9. The Hall–Kier alpha value is -0.650. The van der Waals surface area contributed by atoms with Crippen LogP contribution in [-0.4, -0.2) is 55.9 Å². The quantitative estimate of drug-likeness (QED) is 0.798. The van der Waals surface area contributed by atoms with Crippen LogP contribution >= 0.6 is 0 Å². The second-order valence-electron chi connectivity index (χ2n) is 5.79. The van der Waals surface area contributed by atoms with Crippen LogP contribution in [0, 0.1) is 0 Å². The smallest absolute Gasteiger partial charge is 0.222 e. The first-order valence-electron chi connectivity index (χ1n) is 8.00. The van der Waals surface area contributed by atoms with Crippen LogP contribution in [0.2, 0.25) is 0 Å². The van der Waals surface area contributed by atoms with Crippen molar-refractivity contribution in [3.63, 3.8) is 0 Å². The molecule has 2 saturated heterocycles. The van der Waals surface area contributed by atoms with E-state index in [1.54, 1.807) is 0 Å². The monoisotopic (exact) mass is 284 g/mol. The zero-order valence-electron chi connectivity index (χ0n) is 12.4. The molecule has 0 bridgehead atoms. The Kier molecular flexibility index (Phi) is 6.76. The highest BCUT2D eigenvalue weighted by molar-refractivity contribution is 5.76. The van der Waals surface area contributed by atoms with Crippen molar-refractivity contribution in [2.75, 3.05) is 32.8 Å². The lowest BCUT2D eigenvalue weighted by Crippen LogP contribution is -2.41. The minimum atomic E-state index is 0.240. The van der Waals surface area contributed by atoms with Crippen molar-refractivity contribution in [1.29, 1.82) is 0 Å². The average Bonchev–Trinajstić information content (AvgIpc) is 2.52. The number of likely N-dealkylation sites (tertiary alicyclic amines) is 1. The third-order valence-electron chi connectivity index (χ3n) is 4.18. The Morgan fingerprint density at radius 2 is 2.05 bits per heavy atom. The van der Waals surface area contributed by atoms with E-state index >= 15 is 0 Å². The molecule has 2 fully saturated rings. The van der Waals surface area contributed by atoms with Gasteiger partial charge in [-0.3, -0.25) is 4.79 Å². The number of rotatable bonds is 6. The fourth-order valence-electron chi connectivity index (χ4n) is 2.87. The van der Waals surface area contributed by atoms with Gasteiger partial charge in [0.25, 0.3) is 0 Å². The highest BCUT2D eigenvalue weighted by Crippen LogP contribution is 2.18. The van der Waals surface area contributed by atoms with Gasteiger partial charge in [-0.05, 0) is 45.1 Å². The van der Waals surface area contributed by atoms with E-state index in [1.165, 1.54) is 12.8 Å². The summed E-state index contributed by atoms with van der Waals surface area (Å²) in [6, 6.07) is 0. The van der Waals surface area contributed by atoms with Gasteiger partial charge in [-0.1, -0.05) is 0 Å². The number of carbonyl (C=O) groups is 1. The van der Waals surface area contributed by atoms with Crippen LogP contribution < -0.4 is 5.73 Å². The molecule has 20 heavy (non-hydrogen) atoms. The van der Waals surface area contributed by atoms with Crippen LogP contribution in [0.15, 0.2) is 0 Å². The number of hydrogen-bond donors (Lipinski definition) is 1. The summed E-state index contributed by atoms with van der Waals surface area (Å²) in [7, 11) is 0. The standard InChI is InChI=1S/C15H28N2O3/c16-8-3-5-15(18)17-9-6-13(7-10-17)20-12-14-4-1-2-11-19-14/h13-14H,1-12,16H2. The first kappa shape index (κ1) is 15.7. The van der Waals surface area contributed by atoms with Crippen LogP contribution in [0.3, 0.4) is 0 Å². The van der Waals surface area contributed by atoms with E-state index in [2.05, 4.69) is 0 Å². The zero-order chi connectivity index (χ0) is 14.2. The minimum Gasteiger partial charge on any atom is -0.376 e. The maximum atomic E-state index is 11.9. The number of hydrogen-bond acceptors (Lipinski definition) is 4. The van der Waals surface area contributed by atoms with Crippen LogP contribution in [-0.2, 0) is 14.3 Å². The molecule has 2 aliphatic heterocycles. The first-order valence-corrected chi connectivity index (χ1v) is 8.00. The van der Waals surface area contributed by atoms with Crippen LogP contribution in [0.4, 0.5) is 0 Å². The summed E-state index contributed by atoms with van der Waals surface area (Å²) < 4.78 is 11.6. The fourth-order valence-corrected chi connectivity index (χ4v) is 2.87. The van der Waals surface area contributed by atoms with Gasteiger partial charge in [-0.2, -0.15) is 0 Å². The van der Waals surface area contributed by atoms with E-state index in [0.29, 0.717) is 25.7 Å². The number of nitrogens with zero attached hydrogens (tertiary/aromatic N) is 1. The number of amides is 1. The Morgan fingerprint density at radius 3 is 2.70 bits per heavy atom. The van der Waals surface area contributed by atoms with E-state index in [9.17, 15) is 4.79 Å². The Morgan fingerprint density at radius 1 is 1.25 bits per heavy atom. The van der Waals surface area contributed by atoms with Crippen molar-refractivity contribution < 1.29 is 14.3 Å². The second-order valence-corrected chi connectivity index (χ2v) is 5.79. The molecule has 1 atom stereocenters. The molecule has 1 amide bonds. The van der Waals surface area contributed by atoms with Gasteiger partial charge in [0.15, 0.2) is 0 Å². The molecule has 0 aromatic carbocycles. The van der Waals surface area contributed by atoms with E-state index in [-0.39, 0.29) is 12.0 Å². The highest BCUT2D eigenvalue weighted by atomic mass is 16.5. The fraction of sp³-hybridized carbons (Fsp3) is 0.933. The second kappa shape index (κ2) is 8.60. The molecule has 1 unspecified atom stereocenters. The molecule has 2 rings (SSSR count). The van der Waals surface area contributed by atoms with Gasteiger partial charge in [-0.15, -0.1) is 0 Å². The van der Waals surface area contributed by atoms with Crippen LogP contribution in [0.1, 0.15) is 44.9 Å². The molecule has 2 N–H and O–H groups in total. The lowest BCUT2D eigenvalue weighted by atomic mass is 10.1. The Balaban J connectivity index is 1.60. The summed E-state index contributed by atoms with van der Waals surface area (Å²) in [6.45, 7) is 3.82. The molecular weight excluding hydrogens is 256 g/mol. The maximum Gasteiger partial charge on any atom is 0.222 e. The van der Waals surface area contributed by atoms with Crippen molar-refractivity contribution >= 4 is 5.91 Å². The number of carbonyl (C=O) groups excluding carboxylic acids is 1. The molecule has 5 heteroatoms. The van der Waals surface area contributed by atoms with Crippen molar-refractivity contribution in [3.8, 4) is 0 Å². The number of ether oxygens (including phenoxy) is 2. The third-order valence-corrected chi connectivity index (χ3v) is 4.18. The van der Waals surface area contributed by atoms with Gasteiger partial charge in [0, 0.05) is 26.1 Å². The van der Waals surface area contributed by atoms with E-state index in [1.807, 2.05) is 4.90 Å². The van der Waals surface area contributed by atoms with Gasteiger partial charge in [0.05, 0.1) is 18.8 Å². The molecular formula is C15H28N2O3. The SMILES string of the molecule is NCCCC(=O)N1CCC(OCC2CCCCO2)CC1. The van der Waals surface area contributed by atoms with Gasteiger partial charge in [-0.25, -0.2) is 0 Å². The van der Waals surface area contributed by atoms with Crippen LogP contribution in [0.5, 0.6) is 0 Å².